The topological polar surface area (TPSA) is 47.2 Å². The molecular weight excluding hydrogens is 262 g/mol. The van der Waals surface area contributed by atoms with E-state index in [1.807, 2.05) is 33.0 Å². The molecule has 4 heteroatoms. The van der Waals surface area contributed by atoms with Crippen molar-refractivity contribution >= 4 is 5.78 Å². The number of hydrogen-bond acceptors (Lipinski definition) is 3. The summed E-state index contributed by atoms with van der Waals surface area (Å²) in [5.41, 5.74) is 1.50. The zero-order valence-electron chi connectivity index (χ0n) is 12.9. The van der Waals surface area contributed by atoms with Crippen molar-refractivity contribution in [1.29, 1.82) is 0 Å². The number of carbonyl (C=O) groups excluding carboxylic acids is 1. The molecule has 2 aliphatic carbocycles. The number of rotatable bonds is 0. The number of hydrogen-bond donors (Lipinski definition) is 0. The van der Waals surface area contributed by atoms with Gasteiger partial charge in [0.25, 0.3) is 0 Å². The molecule has 0 saturated heterocycles. The standard InChI is InChI=1S/C17H19N3O/c1-10-19-9-11-6-7-13-16(2,3)15(21)12(18-5)8-17(13,4)14(11)20-10/h8-9,13H,6-7H2,1-4H3/t13-,17-/m0/s1. The Morgan fingerprint density at radius 2 is 2.10 bits per heavy atom. The molecule has 0 spiro atoms. The normalized spacial score (nSPS) is 30.0. The van der Waals surface area contributed by atoms with Crippen LogP contribution in [0, 0.1) is 24.8 Å². The lowest BCUT2D eigenvalue weighted by molar-refractivity contribution is -0.128. The first kappa shape index (κ1) is 13.9. The molecule has 0 unspecified atom stereocenters. The quantitative estimate of drug-likeness (QED) is 0.687. The summed E-state index contributed by atoms with van der Waals surface area (Å²) in [6.45, 7) is 15.3. The summed E-state index contributed by atoms with van der Waals surface area (Å²) in [6.07, 6.45) is 5.57. The van der Waals surface area contributed by atoms with Crippen LogP contribution in [0.25, 0.3) is 4.85 Å². The molecule has 0 N–H and O–H groups in total. The second-order valence-electron chi connectivity index (χ2n) is 6.86. The average Bonchev–Trinajstić information content (AvgIpc) is 2.43. The number of allylic oxidation sites excluding steroid dienone is 2. The maximum absolute atomic E-state index is 12.5. The molecule has 4 nitrogen and oxygen atoms in total. The molecule has 0 amide bonds. The molecule has 1 aromatic rings. The summed E-state index contributed by atoms with van der Waals surface area (Å²) in [6, 6.07) is 0. The lowest BCUT2D eigenvalue weighted by Crippen LogP contribution is -2.51. The van der Waals surface area contributed by atoms with E-state index in [9.17, 15) is 4.79 Å². The van der Waals surface area contributed by atoms with E-state index in [1.165, 1.54) is 0 Å². The monoisotopic (exact) mass is 281 g/mol. The zero-order valence-corrected chi connectivity index (χ0v) is 12.9. The fourth-order valence-electron chi connectivity index (χ4n) is 4.11. The van der Waals surface area contributed by atoms with E-state index in [4.69, 9.17) is 6.57 Å². The van der Waals surface area contributed by atoms with Crippen molar-refractivity contribution in [2.45, 2.75) is 46.0 Å². The van der Waals surface area contributed by atoms with Crippen LogP contribution in [-0.2, 0) is 16.6 Å². The SMILES string of the molecule is [C-]#[N+]C1=C[C@]2(C)c3nc(C)ncc3CC[C@H]2C(C)(C)C1=O. The Morgan fingerprint density at radius 3 is 2.76 bits per heavy atom. The van der Waals surface area contributed by atoms with Crippen LogP contribution < -0.4 is 0 Å². The van der Waals surface area contributed by atoms with Gasteiger partial charge in [-0.3, -0.25) is 0 Å². The van der Waals surface area contributed by atoms with Gasteiger partial charge < -0.3 is 4.79 Å². The minimum Gasteiger partial charge on any atom is -0.307 e. The summed E-state index contributed by atoms with van der Waals surface area (Å²) in [4.78, 5) is 25.0. The van der Waals surface area contributed by atoms with Gasteiger partial charge in [-0.1, -0.05) is 26.8 Å². The third kappa shape index (κ3) is 1.77. The van der Waals surface area contributed by atoms with Crippen molar-refractivity contribution in [3.05, 3.63) is 46.5 Å². The number of fused-ring (bicyclic) bond motifs is 3. The second kappa shape index (κ2) is 4.24. The van der Waals surface area contributed by atoms with Gasteiger partial charge in [0, 0.05) is 17.0 Å². The molecule has 1 heterocycles. The van der Waals surface area contributed by atoms with Crippen molar-refractivity contribution in [3.63, 3.8) is 0 Å². The van der Waals surface area contributed by atoms with E-state index in [1.54, 1.807) is 0 Å². The summed E-state index contributed by atoms with van der Waals surface area (Å²) in [7, 11) is 0. The number of Topliss-reactive ketones (excluding diaryl/α,β-unsaturated/α-hetero) is 1. The maximum Gasteiger partial charge on any atom is 0.226 e. The molecule has 0 aromatic carbocycles. The highest BCUT2D eigenvalue weighted by Gasteiger charge is 2.54. The van der Waals surface area contributed by atoms with Gasteiger partial charge in [-0.2, -0.15) is 0 Å². The molecule has 108 valence electrons. The Morgan fingerprint density at radius 1 is 1.38 bits per heavy atom. The molecule has 0 radical (unpaired) electrons. The molecule has 2 atom stereocenters. The predicted molar refractivity (Wildman–Crippen MR) is 79.4 cm³/mol. The highest BCUT2D eigenvalue weighted by molar-refractivity contribution is 6.02. The Bertz CT molecular complexity index is 711. The van der Waals surface area contributed by atoms with Crippen molar-refractivity contribution in [2.24, 2.45) is 11.3 Å². The third-order valence-electron chi connectivity index (χ3n) is 5.17. The largest absolute Gasteiger partial charge is 0.307 e. The van der Waals surface area contributed by atoms with Gasteiger partial charge in [0.2, 0.25) is 5.70 Å². The lowest BCUT2D eigenvalue weighted by Gasteiger charge is -2.50. The van der Waals surface area contributed by atoms with Crippen LogP contribution in [-0.4, -0.2) is 15.8 Å². The average molecular weight is 281 g/mol. The van der Waals surface area contributed by atoms with E-state index in [2.05, 4.69) is 21.7 Å². The molecule has 2 aliphatic rings. The van der Waals surface area contributed by atoms with E-state index < -0.39 is 5.41 Å². The molecule has 0 saturated carbocycles. The number of ketones is 1. The van der Waals surface area contributed by atoms with Crippen molar-refractivity contribution in [3.8, 4) is 0 Å². The number of carbonyl (C=O) groups is 1. The fraction of sp³-hybridized carbons (Fsp3) is 0.529. The van der Waals surface area contributed by atoms with Gasteiger partial charge in [0.1, 0.15) is 5.82 Å². The van der Waals surface area contributed by atoms with E-state index in [0.717, 1.165) is 29.9 Å². The Kier molecular flexibility index (Phi) is 2.81. The van der Waals surface area contributed by atoms with Crippen molar-refractivity contribution in [1.82, 2.24) is 9.97 Å². The molecule has 3 rings (SSSR count). The Hall–Kier alpha value is -2.02. The summed E-state index contributed by atoms with van der Waals surface area (Å²) in [5.74, 6) is 0.877. The van der Waals surface area contributed by atoms with Crippen LogP contribution in [0.5, 0.6) is 0 Å². The highest BCUT2D eigenvalue weighted by Crippen LogP contribution is 2.54. The predicted octanol–water partition coefficient (Wildman–Crippen LogP) is 3.02. The minimum atomic E-state index is -0.528. The molecule has 0 bridgehead atoms. The van der Waals surface area contributed by atoms with Gasteiger partial charge >= 0.3 is 0 Å². The summed E-state index contributed by atoms with van der Waals surface area (Å²) in [5, 5.41) is 0. The minimum absolute atomic E-state index is 0.0331. The zero-order chi connectivity index (χ0) is 15.4. The maximum atomic E-state index is 12.5. The number of nitrogens with zero attached hydrogens (tertiary/aromatic N) is 3. The second-order valence-corrected chi connectivity index (χ2v) is 6.86. The van der Waals surface area contributed by atoms with Crippen LogP contribution in [0.4, 0.5) is 0 Å². The van der Waals surface area contributed by atoms with Crippen LogP contribution >= 0.6 is 0 Å². The number of aromatic nitrogens is 2. The van der Waals surface area contributed by atoms with E-state index >= 15 is 0 Å². The molecule has 0 aliphatic heterocycles. The fourth-order valence-corrected chi connectivity index (χ4v) is 4.11. The first-order valence-corrected chi connectivity index (χ1v) is 7.29. The van der Waals surface area contributed by atoms with Crippen LogP contribution in [0.2, 0.25) is 0 Å². The summed E-state index contributed by atoms with van der Waals surface area (Å²) >= 11 is 0. The van der Waals surface area contributed by atoms with E-state index in [-0.39, 0.29) is 22.8 Å². The van der Waals surface area contributed by atoms with Crippen LogP contribution in [0.3, 0.4) is 0 Å². The van der Waals surface area contributed by atoms with Crippen LogP contribution in [0.1, 0.15) is 44.3 Å². The third-order valence-corrected chi connectivity index (χ3v) is 5.17. The Balaban J connectivity index is 2.30. The summed E-state index contributed by atoms with van der Waals surface area (Å²) < 4.78 is 0. The van der Waals surface area contributed by atoms with Gasteiger partial charge in [0.05, 0.1) is 12.3 Å². The highest BCUT2D eigenvalue weighted by atomic mass is 16.1. The first-order chi connectivity index (χ1) is 9.80. The first-order valence-electron chi connectivity index (χ1n) is 7.29. The molecule has 0 fully saturated rings. The smallest absolute Gasteiger partial charge is 0.226 e. The van der Waals surface area contributed by atoms with Gasteiger partial charge in [-0.15, -0.1) is 0 Å². The van der Waals surface area contributed by atoms with Crippen molar-refractivity contribution in [2.75, 3.05) is 0 Å². The van der Waals surface area contributed by atoms with Crippen LogP contribution in [0.15, 0.2) is 18.0 Å². The number of aryl methyl sites for hydroxylation is 2. The van der Waals surface area contributed by atoms with Gasteiger partial charge in [-0.05, 0) is 31.2 Å². The molecular formula is C17H19N3O. The Labute approximate surface area is 125 Å². The van der Waals surface area contributed by atoms with Gasteiger partial charge in [0.15, 0.2) is 5.78 Å². The van der Waals surface area contributed by atoms with E-state index in [0.29, 0.717) is 0 Å². The van der Waals surface area contributed by atoms with Gasteiger partial charge in [-0.25, -0.2) is 14.8 Å². The van der Waals surface area contributed by atoms with Crippen molar-refractivity contribution < 1.29 is 4.79 Å². The molecule has 21 heavy (non-hydrogen) atoms. The molecule has 1 aromatic heterocycles. The lowest BCUT2D eigenvalue weighted by atomic mass is 9.53.